The summed E-state index contributed by atoms with van der Waals surface area (Å²) in [7, 11) is 1.71. The minimum atomic E-state index is -0.622. The molecule has 2 aromatic rings. The molecule has 1 aliphatic carbocycles. The third-order valence-electron chi connectivity index (χ3n) is 7.07. The molecule has 4 nitrogen and oxygen atoms in total. The summed E-state index contributed by atoms with van der Waals surface area (Å²) in [4.78, 5) is 5.03. The van der Waals surface area contributed by atoms with Gasteiger partial charge in [-0.3, -0.25) is 4.90 Å². The van der Waals surface area contributed by atoms with Gasteiger partial charge in [0.25, 0.3) is 0 Å². The van der Waals surface area contributed by atoms with Crippen molar-refractivity contribution in [2.75, 3.05) is 39.8 Å². The number of rotatable bonds is 7. The first-order chi connectivity index (χ1) is 15.1. The van der Waals surface area contributed by atoms with Crippen molar-refractivity contribution in [1.29, 1.82) is 0 Å². The molecule has 1 atom stereocenters. The first-order valence-corrected chi connectivity index (χ1v) is 12.0. The molecule has 0 radical (unpaired) electrons. The molecule has 2 aromatic carbocycles. The Morgan fingerprint density at radius 3 is 2.39 bits per heavy atom. The number of piperazine rings is 1. The van der Waals surface area contributed by atoms with Crippen molar-refractivity contribution in [3.05, 3.63) is 64.7 Å². The van der Waals surface area contributed by atoms with Crippen molar-refractivity contribution in [2.45, 2.75) is 50.2 Å². The van der Waals surface area contributed by atoms with E-state index in [4.69, 9.17) is 16.3 Å². The fraction of sp³-hybridized carbons (Fsp3) is 0.538. The second kappa shape index (κ2) is 10.4. The minimum absolute atomic E-state index is 0.113. The van der Waals surface area contributed by atoms with Crippen LogP contribution < -0.4 is 4.74 Å². The number of hydrogen-bond acceptors (Lipinski definition) is 4. The molecule has 0 bridgehead atoms. The Kier molecular flexibility index (Phi) is 7.55. The largest absolute Gasteiger partial charge is 0.497 e. The first kappa shape index (κ1) is 22.6. The van der Waals surface area contributed by atoms with Gasteiger partial charge < -0.3 is 14.7 Å². The molecule has 168 valence electrons. The molecular formula is C26H35ClN2O2. The van der Waals surface area contributed by atoms with Gasteiger partial charge >= 0.3 is 0 Å². The number of aliphatic hydroxyl groups is 1. The van der Waals surface area contributed by atoms with E-state index in [-0.39, 0.29) is 5.92 Å². The predicted octanol–water partition coefficient (Wildman–Crippen LogP) is 4.95. The van der Waals surface area contributed by atoms with Crippen molar-refractivity contribution < 1.29 is 9.84 Å². The quantitative estimate of drug-likeness (QED) is 0.658. The van der Waals surface area contributed by atoms with Gasteiger partial charge in [-0.2, -0.15) is 0 Å². The summed E-state index contributed by atoms with van der Waals surface area (Å²) in [6, 6.07) is 16.5. The van der Waals surface area contributed by atoms with Crippen LogP contribution in [0.3, 0.4) is 0 Å². The molecule has 0 amide bonds. The van der Waals surface area contributed by atoms with Gasteiger partial charge in [0, 0.05) is 50.2 Å². The SMILES string of the molecule is COc1cccc(C(CN2CCN(Cc3cccc(Cl)c3)CC2)C2(O)CCCCC2)c1. The van der Waals surface area contributed by atoms with Crippen molar-refractivity contribution in [3.8, 4) is 5.75 Å². The monoisotopic (exact) mass is 442 g/mol. The predicted molar refractivity (Wildman–Crippen MR) is 127 cm³/mol. The Morgan fingerprint density at radius 1 is 0.968 bits per heavy atom. The minimum Gasteiger partial charge on any atom is -0.497 e. The third-order valence-corrected chi connectivity index (χ3v) is 7.30. The van der Waals surface area contributed by atoms with Gasteiger partial charge in [0.15, 0.2) is 0 Å². The fourth-order valence-corrected chi connectivity index (χ4v) is 5.45. The molecule has 4 rings (SSSR count). The van der Waals surface area contributed by atoms with E-state index in [1.165, 1.54) is 17.5 Å². The van der Waals surface area contributed by atoms with Crippen LogP contribution in [0, 0.1) is 0 Å². The normalized spacial score (nSPS) is 21.0. The maximum atomic E-state index is 11.7. The summed E-state index contributed by atoms with van der Waals surface area (Å²) < 4.78 is 5.48. The average molecular weight is 443 g/mol. The van der Waals surface area contributed by atoms with Crippen LogP contribution in [-0.2, 0) is 6.54 Å². The summed E-state index contributed by atoms with van der Waals surface area (Å²) in [6.07, 6.45) is 5.25. The van der Waals surface area contributed by atoms with Crippen molar-refractivity contribution in [2.24, 2.45) is 0 Å². The maximum Gasteiger partial charge on any atom is 0.119 e. The Bertz CT molecular complexity index is 845. The topological polar surface area (TPSA) is 35.9 Å². The van der Waals surface area contributed by atoms with Crippen LogP contribution >= 0.6 is 11.6 Å². The molecule has 5 heteroatoms. The Hall–Kier alpha value is -1.59. The number of methoxy groups -OCH3 is 1. The first-order valence-electron chi connectivity index (χ1n) is 11.6. The molecule has 2 fully saturated rings. The molecular weight excluding hydrogens is 408 g/mol. The van der Waals surface area contributed by atoms with Gasteiger partial charge in [0.2, 0.25) is 0 Å². The van der Waals surface area contributed by atoms with Gasteiger partial charge in [-0.1, -0.05) is 55.1 Å². The van der Waals surface area contributed by atoms with E-state index < -0.39 is 5.60 Å². The summed E-state index contributed by atoms with van der Waals surface area (Å²) in [5, 5.41) is 12.5. The zero-order valence-electron chi connectivity index (χ0n) is 18.6. The molecule has 0 spiro atoms. The van der Waals surface area contributed by atoms with Crippen molar-refractivity contribution in [1.82, 2.24) is 9.80 Å². The molecule has 31 heavy (non-hydrogen) atoms. The fourth-order valence-electron chi connectivity index (χ4n) is 5.24. The van der Waals surface area contributed by atoms with Crippen LogP contribution in [0.4, 0.5) is 0 Å². The number of hydrogen-bond donors (Lipinski definition) is 1. The molecule has 1 unspecified atom stereocenters. The third kappa shape index (κ3) is 5.81. The molecule has 0 aromatic heterocycles. The van der Waals surface area contributed by atoms with Crippen LogP contribution in [0.15, 0.2) is 48.5 Å². The van der Waals surface area contributed by atoms with Gasteiger partial charge in [0.05, 0.1) is 12.7 Å². The molecule has 1 saturated heterocycles. The Balaban J connectivity index is 1.42. The lowest BCUT2D eigenvalue weighted by molar-refractivity contribution is -0.0344. The lowest BCUT2D eigenvalue weighted by atomic mass is 9.72. The van der Waals surface area contributed by atoms with E-state index in [1.54, 1.807) is 7.11 Å². The van der Waals surface area contributed by atoms with E-state index in [9.17, 15) is 5.11 Å². The summed E-state index contributed by atoms with van der Waals surface area (Å²) in [5.74, 6) is 0.982. The van der Waals surface area contributed by atoms with E-state index in [2.05, 4.69) is 40.1 Å². The standard InChI is InChI=1S/C26H35ClN2O2/c1-31-24-10-6-8-22(18-24)25(26(30)11-3-2-4-12-26)20-29-15-13-28(14-16-29)19-21-7-5-9-23(27)17-21/h5-10,17-18,25,30H,2-4,11-16,19-20H2,1H3. The van der Waals surface area contributed by atoms with Crippen molar-refractivity contribution in [3.63, 3.8) is 0 Å². The highest BCUT2D eigenvalue weighted by Gasteiger charge is 2.40. The lowest BCUT2D eigenvalue weighted by Gasteiger charge is -2.43. The molecule has 1 heterocycles. The van der Waals surface area contributed by atoms with E-state index in [0.717, 1.165) is 75.7 Å². The summed E-state index contributed by atoms with van der Waals surface area (Å²) in [6.45, 7) is 5.96. The number of benzene rings is 2. The lowest BCUT2D eigenvalue weighted by Crippen LogP contribution is -2.50. The number of halogens is 1. The smallest absolute Gasteiger partial charge is 0.119 e. The van der Waals surface area contributed by atoms with Gasteiger partial charge in [0.1, 0.15) is 5.75 Å². The van der Waals surface area contributed by atoms with Gasteiger partial charge in [-0.05, 0) is 48.2 Å². The van der Waals surface area contributed by atoms with E-state index in [0.29, 0.717) is 0 Å². The van der Waals surface area contributed by atoms with Crippen molar-refractivity contribution >= 4 is 11.6 Å². The number of ether oxygens (including phenoxy) is 1. The maximum absolute atomic E-state index is 11.7. The molecule has 1 saturated carbocycles. The van der Waals surface area contributed by atoms with Gasteiger partial charge in [-0.15, -0.1) is 0 Å². The average Bonchev–Trinajstić information content (AvgIpc) is 2.79. The Labute approximate surface area is 191 Å². The van der Waals surface area contributed by atoms with Crippen LogP contribution in [0.5, 0.6) is 5.75 Å². The van der Waals surface area contributed by atoms with Crippen LogP contribution in [-0.4, -0.2) is 60.3 Å². The number of nitrogens with zero attached hydrogens (tertiary/aromatic N) is 2. The second-order valence-corrected chi connectivity index (χ2v) is 9.64. The van der Waals surface area contributed by atoms with Crippen LogP contribution in [0.2, 0.25) is 5.02 Å². The molecule has 1 aliphatic heterocycles. The Morgan fingerprint density at radius 2 is 1.68 bits per heavy atom. The highest BCUT2D eigenvalue weighted by Crippen LogP contribution is 2.41. The van der Waals surface area contributed by atoms with Gasteiger partial charge in [-0.25, -0.2) is 0 Å². The summed E-state index contributed by atoms with van der Waals surface area (Å²) in [5.41, 5.74) is 1.85. The zero-order chi connectivity index (χ0) is 21.7. The van der Waals surface area contributed by atoms with Crippen LogP contribution in [0.25, 0.3) is 0 Å². The highest BCUT2D eigenvalue weighted by atomic mass is 35.5. The zero-order valence-corrected chi connectivity index (χ0v) is 19.4. The highest BCUT2D eigenvalue weighted by molar-refractivity contribution is 6.30. The molecule has 1 N–H and O–H groups in total. The second-order valence-electron chi connectivity index (χ2n) is 9.20. The van der Waals surface area contributed by atoms with E-state index in [1.807, 2.05) is 18.2 Å². The van der Waals surface area contributed by atoms with Crippen LogP contribution in [0.1, 0.15) is 49.1 Å². The summed E-state index contributed by atoms with van der Waals surface area (Å²) >= 11 is 6.15. The van der Waals surface area contributed by atoms with E-state index >= 15 is 0 Å². The molecule has 2 aliphatic rings.